The van der Waals surface area contributed by atoms with Gasteiger partial charge in [0, 0.05) is 44.3 Å². The molecule has 2 aliphatic rings. The SMILES string of the molecule is O=C(CCN(CC1CCCO1)C(=O)c1cc(-c2ccccc2Cl)on1)NCC1CC1. The third-order valence-electron chi connectivity index (χ3n) is 5.50. The lowest BCUT2D eigenvalue weighted by Gasteiger charge is -2.24. The highest BCUT2D eigenvalue weighted by Crippen LogP contribution is 2.29. The van der Waals surface area contributed by atoms with Crippen molar-refractivity contribution in [2.75, 3.05) is 26.2 Å². The summed E-state index contributed by atoms with van der Waals surface area (Å²) in [6.45, 7) is 2.17. The lowest BCUT2D eigenvalue weighted by molar-refractivity contribution is -0.121. The molecule has 2 heterocycles. The maximum atomic E-state index is 13.1. The highest BCUT2D eigenvalue weighted by atomic mass is 35.5. The van der Waals surface area contributed by atoms with Gasteiger partial charge in [-0.3, -0.25) is 9.59 Å². The summed E-state index contributed by atoms with van der Waals surface area (Å²) in [4.78, 5) is 26.9. The Balaban J connectivity index is 1.43. The van der Waals surface area contributed by atoms with Crippen LogP contribution in [0.15, 0.2) is 34.9 Å². The average molecular weight is 432 g/mol. The third-order valence-corrected chi connectivity index (χ3v) is 5.83. The Kier molecular flexibility index (Phi) is 6.69. The molecular weight excluding hydrogens is 406 g/mol. The summed E-state index contributed by atoms with van der Waals surface area (Å²) in [6.07, 6.45) is 4.49. The molecule has 0 bridgehead atoms. The van der Waals surface area contributed by atoms with Crippen molar-refractivity contribution in [3.8, 4) is 11.3 Å². The Morgan fingerprint density at radius 3 is 2.80 bits per heavy atom. The first kappa shape index (κ1) is 20.9. The predicted molar refractivity (Wildman–Crippen MR) is 112 cm³/mol. The molecule has 2 fully saturated rings. The number of halogens is 1. The molecule has 160 valence electrons. The van der Waals surface area contributed by atoms with E-state index in [4.69, 9.17) is 20.9 Å². The molecule has 2 aromatic rings. The summed E-state index contributed by atoms with van der Waals surface area (Å²) in [6, 6.07) is 8.83. The number of carbonyl (C=O) groups excluding carboxylic acids is 2. The molecule has 1 saturated heterocycles. The number of benzene rings is 1. The summed E-state index contributed by atoms with van der Waals surface area (Å²) < 4.78 is 11.1. The van der Waals surface area contributed by atoms with Crippen molar-refractivity contribution in [1.82, 2.24) is 15.4 Å². The molecule has 8 heteroatoms. The number of hydrogen-bond acceptors (Lipinski definition) is 5. The molecule has 30 heavy (non-hydrogen) atoms. The quantitative estimate of drug-likeness (QED) is 0.656. The third kappa shape index (κ3) is 5.40. The van der Waals surface area contributed by atoms with Gasteiger partial charge in [0.25, 0.3) is 5.91 Å². The smallest absolute Gasteiger partial charge is 0.276 e. The van der Waals surface area contributed by atoms with Crippen LogP contribution in [0.25, 0.3) is 11.3 Å². The Morgan fingerprint density at radius 1 is 1.23 bits per heavy atom. The summed E-state index contributed by atoms with van der Waals surface area (Å²) in [5.74, 6) is 0.742. The zero-order valence-corrected chi connectivity index (χ0v) is 17.6. The standard InChI is InChI=1S/C22H26ClN3O4/c23-18-6-2-1-5-17(18)20-12-19(25-30-20)22(28)26(14-16-4-3-11-29-16)10-9-21(27)24-13-15-7-8-15/h1-2,5-6,12,15-16H,3-4,7-11,13-14H2,(H,24,27). The van der Waals surface area contributed by atoms with Crippen molar-refractivity contribution >= 4 is 23.4 Å². The Morgan fingerprint density at radius 2 is 2.07 bits per heavy atom. The molecule has 1 aromatic heterocycles. The minimum Gasteiger partial charge on any atom is -0.376 e. The van der Waals surface area contributed by atoms with Crippen molar-refractivity contribution in [1.29, 1.82) is 0 Å². The predicted octanol–water partition coefficient (Wildman–Crippen LogP) is 3.53. The maximum Gasteiger partial charge on any atom is 0.276 e. The first-order chi connectivity index (χ1) is 14.6. The molecule has 1 saturated carbocycles. The summed E-state index contributed by atoms with van der Waals surface area (Å²) in [5, 5.41) is 7.43. The number of nitrogens with zero attached hydrogens (tertiary/aromatic N) is 2. The zero-order valence-electron chi connectivity index (χ0n) is 16.8. The second-order valence-electron chi connectivity index (χ2n) is 7.94. The first-order valence-corrected chi connectivity index (χ1v) is 10.9. The molecule has 1 N–H and O–H groups in total. The van der Waals surface area contributed by atoms with Crippen molar-refractivity contribution < 1.29 is 18.8 Å². The van der Waals surface area contributed by atoms with Crippen molar-refractivity contribution in [3.05, 3.63) is 41.0 Å². The Hall–Kier alpha value is -2.38. The Bertz CT molecular complexity index is 890. The van der Waals surface area contributed by atoms with E-state index in [0.717, 1.165) is 19.4 Å². The van der Waals surface area contributed by atoms with Gasteiger partial charge in [-0.2, -0.15) is 0 Å². The Labute approximate surface area is 180 Å². The van der Waals surface area contributed by atoms with Crippen LogP contribution in [0.3, 0.4) is 0 Å². The van der Waals surface area contributed by atoms with Crippen LogP contribution in [-0.2, 0) is 9.53 Å². The van der Waals surface area contributed by atoms with Crippen LogP contribution >= 0.6 is 11.6 Å². The molecule has 4 rings (SSSR count). The van der Waals surface area contributed by atoms with E-state index in [1.807, 2.05) is 18.2 Å². The number of nitrogens with one attached hydrogen (secondary N) is 1. The number of aromatic nitrogens is 1. The fraction of sp³-hybridized carbons (Fsp3) is 0.500. The monoisotopic (exact) mass is 431 g/mol. The highest BCUT2D eigenvalue weighted by Gasteiger charge is 2.27. The number of ether oxygens (including phenoxy) is 1. The largest absolute Gasteiger partial charge is 0.376 e. The second kappa shape index (κ2) is 9.62. The number of carbonyl (C=O) groups is 2. The summed E-state index contributed by atoms with van der Waals surface area (Å²) in [5.41, 5.74) is 0.872. The summed E-state index contributed by atoms with van der Waals surface area (Å²) >= 11 is 6.22. The van der Waals surface area contributed by atoms with E-state index < -0.39 is 0 Å². The fourth-order valence-electron chi connectivity index (χ4n) is 3.54. The van der Waals surface area contributed by atoms with Gasteiger partial charge in [-0.1, -0.05) is 28.9 Å². The second-order valence-corrected chi connectivity index (χ2v) is 8.35. The molecule has 7 nitrogen and oxygen atoms in total. The van der Waals surface area contributed by atoms with E-state index in [1.54, 1.807) is 17.0 Å². The molecular formula is C22H26ClN3O4. The highest BCUT2D eigenvalue weighted by molar-refractivity contribution is 6.33. The molecule has 1 aliphatic carbocycles. The van der Waals surface area contributed by atoms with Crippen molar-refractivity contribution in [2.24, 2.45) is 5.92 Å². The lowest BCUT2D eigenvalue weighted by atomic mass is 10.1. The van der Waals surface area contributed by atoms with Crippen LogP contribution in [0.5, 0.6) is 0 Å². The van der Waals surface area contributed by atoms with E-state index in [9.17, 15) is 9.59 Å². The van der Waals surface area contributed by atoms with Gasteiger partial charge >= 0.3 is 0 Å². The van der Waals surface area contributed by atoms with Crippen LogP contribution < -0.4 is 5.32 Å². The van der Waals surface area contributed by atoms with Crippen LogP contribution in [0.4, 0.5) is 0 Å². The van der Waals surface area contributed by atoms with Crippen molar-refractivity contribution in [3.63, 3.8) is 0 Å². The van der Waals surface area contributed by atoms with Crippen LogP contribution in [-0.4, -0.2) is 54.2 Å². The van der Waals surface area contributed by atoms with Crippen LogP contribution in [0.2, 0.25) is 5.02 Å². The van der Waals surface area contributed by atoms with Gasteiger partial charge in [0.1, 0.15) is 0 Å². The maximum absolute atomic E-state index is 13.1. The van der Waals surface area contributed by atoms with Crippen molar-refractivity contribution in [2.45, 2.75) is 38.2 Å². The minimum atomic E-state index is -0.275. The fourth-order valence-corrected chi connectivity index (χ4v) is 3.77. The van der Waals surface area contributed by atoms with Crippen LogP contribution in [0, 0.1) is 5.92 Å². The molecule has 1 atom stereocenters. The van der Waals surface area contributed by atoms with Gasteiger partial charge in [0.2, 0.25) is 5.91 Å². The molecule has 1 aliphatic heterocycles. The topological polar surface area (TPSA) is 84.7 Å². The van der Waals surface area contributed by atoms with Gasteiger partial charge in [-0.15, -0.1) is 0 Å². The van der Waals surface area contributed by atoms with E-state index >= 15 is 0 Å². The zero-order chi connectivity index (χ0) is 20.9. The van der Waals surface area contributed by atoms with Gasteiger partial charge in [-0.25, -0.2) is 0 Å². The number of amides is 2. The van der Waals surface area contributed by atoms with Gasteiger partial charge in [0.15, 0.2) is 11.5 Å². The van der Waals surface area contributed by atoms with E-state index in [0.29, 0.717) is 42.0 Å². The van der Waals surface area contributed by atoms with E-state index in [-0.39, 0.29) is 30.0 Å². The van der Waals surface area contributed by atoms with Gasteiger partial charge < -0.3 is 19.5 Å². The van der Waals surface area contributed by atoms with Gasteiger partial charge in [-0.05, 0) is 43.7 Å². The molecule has 0 radical (unpaired) electrons. The summed E-state index contributed by atoms with van der Waals surface area (Å²) in [7, 11) is 0. The molecule has 1 unspecified atom stereocenters. The average Bonchev–Trinajstić information content (AvgIpc) is 3.21. The lowest BCUT2D eigenvalue weighted by Crippen LogP contribution is -2.40. The molecule has 2 amide bonds. The van der Waals surface area contributed by atoms with E-state index in [2.05, 4.69) is 10.5 Å². The first-order valence-electron chi connectivity index (χ1n) is 10.5. The molecule has 1 aromatic carbocycles. The normalized spacial score (nSPS) is 18.4. The number of hydrogen-bond donors (Lipinski definition) is 1. The minimum absolute atomic E-state index is 0.0154. The molecule has 0 spiro atoms. The van der Waals surface area contributed by atoms with E-state index in [1.165, 1.54) is 12.8 Å². The van der Waals surface area contributed by atoms with Crippen LogP contribution in [0.1, 0.15) is 42.6 Å². The number of rotatable bonds is 9. The van der Waals surface area contributed by atoms with Gasteiger partial charge in [0.05, 0.1) is 11.1 Å².